The Kier molecular flexibility index (Phi) is 5.61. The van der Waals surface area contributed by atoms with Gasteiger partial charge >= 0.3 is 0 Å². The first-order chi connectivity index (χ1) is 10.4. The lowest BCUT2D eigenvalue weighted by atomic mass is 10.3. The monoisotopic (exact) mass is 356 g/mol. The van der Waals surface area contributed by atoms with Crippen LogP contribution in [0.25, 0.3) is 0 Å². The molecular formula is C14H14Cl2N4OS. The summed E-state index contributed by atoms with van der Waals surface area (Å²) in [4.78, 5) is 24.5. The van der Waals surface area contributed by atoms with Crippen molar-refractivity contribution in [1.29, 1.82) is 0 Å². The number of carbonyl (C=O) groups is 1. The zero-order chi connectivity index (χ0) is 16.3. The number of amides is 1. The summed E-state index contributed by atoms with van der Waals surface area (Å²) < 4.78 is 0. The van der Waals surface area contributed by atoms with Crippen LogP contribution in [0.3, 0.4) is 0 Å². The van der Waals surface area contributed by atoms with Gasteiger partial charge < -0.3 is 5.32 Å². The summed E-state index contributed by atoms with van der Waals surface area (Å²) in [6.45, 7) is 5.47. The lowest BCUT2D eigenvalue weighted by molar-refractivity contribution is -0.113. The van der Waals surface area contributed by atoms with E-state index in [1.165, 1.54) is 18.0 Å². The van der Waals surface area contributed by atoms with Gasteiger partial charge in [-0.3, -0.25) is 4.79 Å². The molecule has 0 saturated carbocycles. The summed E-state index contributed by atoms with van der Waals surface area (Å²) in [6.07, 6.45) is 1.46. The molecule has 0 fully saturated rings. The number of thioether (sulfide) groups is 1. The molecule has 0 unspecified atom stereocenters. The van der Waals surface area contributed by atoms with Gasteiger partial charge in [-0.25, -0.2) is 15.0 Å². The molecule has 0 spiro atoms. The van der Waals surface area contributed by atoms with Crippen molar-refractivity contribution in [2.24, 2.45) is 0 Å². The summed E-state index contributed by atoms with van der Waals surface area (Å²) >= 11 is 13.4. The number of halogens is 2. The SMILES string of the molecule is Cc1cc(SCC(=O)Nc2ncc(Cl)c(C)c2Cl)nc(C)n1. The molecular weight excluding hydrogens is 343 g/mol. The van der Waals surface area contributed by atoms with Crippen LogP contribution in [0.2, 0.25) is 10.0 Å². The fraction of sp³-hybridized carbons (Fsp3) is 0.286. The molecule has 0 atom stereocenters. The summed E-state index contributed by atoms with van der Waals surface area (Å²) in [5, 5.41) is 4.24. The van der Waals surface area contributed by atoms with Crippen molar-refractivity contribution >= 4 is 46.7 Å². The molecule has 0 radical (unpaired) electrons. The van der Waals surface area contributed by atoms with E-state index < -0.39 is 0 Å². The smallest absolute Gasteiger partial charge is 0.235 e. The van der Waals surface area contributed by atoms with E-state index in [4.69, 9.17) is 23.2 Å². The normalized spacial score (nSPS) is 10.6. The fourth-order valence-corrected chi connectivity index (χ4v) is 2.90. The molecule has 5 nitrogen and oxygen atoms in total. The first kappa shape index (κ1) is 17.0. The molecule has 0 aliphatic carbocycles. The molecule has 22 heavy (non-hydrogen) atoms. The van der Waals surface area contributed by atoms with E-state index in [-0.39, 0.29) is 11.7 Å². The zero-order valence-electron chi connectivity index (χ0n) is 12.3. The van der Waals surface area contributed by atoms with Gasteiger partial charge in [0.05, 0.1) is 15.8 Å². The van der Waals surface area contributed by atoms with Crippen LogP contribution in [0.4, 0.5) is 5.82 Å². The van der Waals surface area contributed by atoms with Crippen molar-refractivity contribution in [3.8, 4) is 0 Å². The third kappa shape index (κ3) is 4.32. The van der Waals surface area contributed by atoms with Crippen LogP contribution in [0.1, 0.15) is 17.1 Å². The third-order valence-corrected chi connectivity index (χ3v) is 4.51. The molecule has 0 bridgehead atoms. The van der Waals surface area contributed by atoms with Gasteiger partial charge in [0.15, 0.2) is 5.82 Å². The molecule has 8 heteroatoms. The molecule has 1 amide bonds. The molecule has 2 heterocycles. The van der Waals surface area contributed by atoms with E-state index in [1.54, 1.807) is 6.92 Å². The van der Waals surface area contributed by atoms with Gasteiger partial charge in [0.2, 0.25) is 5.91 Å². The van der Waals surface area contributed by atoms with E-state index in [2.05, 4.69) is 20.3 Å². The number of nitrogens with one attached hydrogen (secondary N) is 1. The van der Waals surface area contributed by atoms with Gasteiger partial charge in [-0.05, 0) is 32.4 Å². The molecule has 2 aromatic rings. The summed E-state index contributed by atoms with van der Waals surface area (Å²) in [5.41, 5.74) is 1.55. The van der Waals surface area contributed by atoms with Crippen LogP contribution >= 0.6 is 35.0 Å². The van der Waals surface area contributed by atoms with Gasteiger partial charge in [-0.1, -0.05) is 35.0 Å². The zero-order valence-corrected chi connectivity index (χ0v) is 14.6. The van der Waals surface area contributed by atoms with E-state index in [0.717, 1.165) is 10.7 Å². The second-order valence-corrected chi connectivity index (χ2v) is 6.41. The van der Waals surface area contributed by atoms with E-state index in [9.17, 15) is 4.79 Å². The van der Waals surface area contributed by atoms with Crippen molar-refractivity contribution < 1.29 is 4.79 Å². The van der Waals surface area contributed by atoms with Crippen LogP contribution in [-0.2, 0) is 4.79 Å². The number of aromatic nitrogens is 3. The number of pyridine rings is 1. The minimum Gasteiger partial charge on any atom is -0.309 e. The van der Waals surface area contributed by atoms with Gasteiger partial charge in [0.1, 0.15) is 10.9 Å². The number of anilines is 1. The largest absolute Gasteiger partial charge is 0.309 e. The van der Waals surface area contributed by atoms with Crippen LogP contribution in [-0.4, -0.2) is 26.6 Å². The molecule has 0 saturated heterocycles. The average Bonchev–Trinajstić information content (AvgIpc) is 2.45. The first-order valence-electron chi connectivity index (χ1n) is 6.42. The number of hydrogen-bond donors (Lipinski definition) is 1. The Bertz CT molecular complexity index is 704. The van der Waals surface area contributed by atoms with Crippen LogP contribution < -0.4 is 5.32 Å². The second kappa shape index (κ2) is 7.26. The molecule has 2 rings (SSSR count). The highest BCUT2D eigenvalue weighted by molar-refractivity contribution is 7.99. The van der Waals surface area contributed by atoms with Gasteiger partial charge in [0.25, 0.3) is 0 Å². The van der Waals surface area contributed by atoms with Gasteiger partial charge in [-0.2, -0.15) is 0 Å². The lowest BCUT2D eigenvalue weighted by Gasteiger charge is -2.09. The minimum absolute atomic E-state index is 0.204. The predicted molar refractivity (Wildman–Crippen MR) is 89.9 cm³/mol. The second-order valence-electron chi connectivity index (χ2n) is 4.63. The average molecular weight is 357 g/mol. The Balaban J connectivity index is 2.00. The minimum atomic E-state index is -0.213. The number of hydrogen-bond acceptors (Lipinski definition) is 5. The first-order valence-corrected chi connectivity index (χ1v) is 8.16. The maximum Gasteiger partial charge on any atom is 0.235 e. The number of rotatable bonds is 4. The fourth-order valence-electron chi connectivity index (χ4n) is 1.71. The summed E-state index contributed by atoms with van der Waals surface area (Å²) in [7, 11) is 0. The molecule has 1 N–H and O–H groups in total. The Morgan fingerprint density at radius 3 is 2.68 bits per heavy atom. The van der Waals surface area contributed by atoms with Crippen molar-refractivity contribution in [2.75, 3.05) is 11.1 Å². The van der Waals surface area contributed by atoms with E-state index in [0.29, 0.717) is 27.3 Å². The number of carbonyl (C=O) groups excluding carboxylic acids is 1. The molecule has 0 aliphatic heterocycles. The van der Waals surface area contributed by atoms with Crippen molar-refractivity contribution in [2.45, 2.75) is 25.8 Å². The van der Waals surface area contributed by atoms with E-state index >= 15 is 0 Å². The topological polar surface area (TPSA) is 67.8 Å². The third-order valence-electron chi connectivity index (χ3n) is 2.75. The van der Waals surface area contributed by atoms with Crippen molar-refractivity contribution in [3.63, 3.8) is 0 Å². The van der Waals surface area contributed by atoms with Crippen LogP contribution in [0, 0.1) is 20.8 Å². The Hall–Kier alpha value is -1.37. The molecule has 2 aromatic heterocycles. The Labute approximate surface area is 142 Å². The number of aryl methyl sites for hydroxylation is 2. The van der Waals surface area contributed by atoms with Gasteiger partial charge in [0, 0.05) is 11.9 Å². The van der Waals surface area contributed by atoms with Gasteiger partial charge in [-0.15, -0.1) is 0 Å². The van der Waals surface area contributed by atoms with Crippen LogP contribution in [0.5, 0.6) is 0 Å². The highest BCUT2D eigenvalue weighted by Gasteiger charge is 2.12. The summed E-state index contributed by atoms with van der Waals surface area (Å²) in [5.74, 6) is 0.982. The molecule has 116 valence electrons. The predicted octanol–water partition coefficient (Wildman–Crippen LogP) is 3.83. The highest BCUT2D eigenvalue weighted by Crippen LogP contribution is 2.28. The maximum absolute atomic E-state index is 12.0. The maximum atomic E-state index is 12.0. The van der Waals surface area contributed by atoms with Crippen molar-refractivity contribution in [1.82, 2.24) is 15.0 Å². The molecule has 0 aliphatic rings. The highest BCUT2D eigenvalue weighted by atomic mass is 35.5. The lowest BCUT2D eigenvalue weighted by Crippen LogP contribution is -2.15. The molecule has 0 aromatic carbocycles. The standard InChI is InChI=1S/C14H14Cl2N4OS/c1-7-4-12(19-9(3)18-7)22-6-11(21)20-14-13(16)8(2)10(15)5-17-14/h4-5H,6H2,1-3H3,(H,17,20,21). The van der Waals surface area contributed by atoms with E-state index in [1.807, 2.05) is 19.9 Å². The number of nitrogens with zero attached hydrogens (tertiary/aromatic N) is 3. The summed E-state index contributed by atoms with van der Waals surface area (Å²) in [6, 6.07) is 1.84. The quantitative estimate of drug-likeness (QED) is 0.665. The Morgan fingerprint density at radius 1 is 1.27 bits per heavy atom. The Morgan fingerprint density at radius 2 is 2.00 bits per heavy atom. The van der Waals surface area contributed by atoms with Crippen molar-refractivity contribution in [3.05, 3.63) is 39.4 Å². The van der Waals surface area contributed by atoms with Crippen LogP contribution in [0.15, 0.2) is 17.3 Å².